The third-order valence-corrected chi connectivity index (χ3v) is 1.85. The van der Waals surface area contributed by atoms with E-state index < -0.39 is 12.1 Å². The Morgan fingerprint density at radius 1 is 1.71 bits per heavy atom. The van der Waals surface area contributed by atoms with Crippen LogP contribution in [0.1, 0.15) is 12.0 Å². The second-order valence-corrected chi connectivity index (χ2v) is 2.81. The summed E-state index contributed by atoms with van der Waals surface area (Å²) >= 11 is 0. The second-order valence-electron chi connectivity index (χ2n) is 2.81. The van der Waals surface area contributed by atoms with Crippen molar-refractivity contribution in [3.63, 3.8) is 0 Å². The van der Waals surface area contributed by atoms with E-state index in [2.05, 4.69) is 20.6 Å². The van der Waals surface area contributed by atoms with Crippen molar-refractivity contribution in [2.45, 2.75) is 13.1 Å². The summed E-state index contributed by atoms with van der Waals surface area (Å²) in [7, 11) is 0. The molecule has 1 amide bonds. The van der Waals surface area contributed by atoms with E-state index in [0.29, 0.717) is 5.82 Å². The van der Waals surface area contributed by atoms with Gasteiger partial charge in [0.05, 0.1) is 0 Å². The van der Waals surface area contributed by atoms with Crippen LogP contribution in [-0.4, -0.2) is 31.6 Å². The molecule has 0 unspecified atom stereocenters. The summed E-state index contributed by atoms with van der Waals surface area (Å²) in [6, 6.07) is 0. The number of nitrogens with two attached hydrogens (primary N) is 1. The zero-order valence-electron chi connectivity index (χ0n) is 7.30. The molecule has 14 heavy (non-hydrogen) atoms. The number of hydrogen-bond donors (Lipinski definition) is 3. The highest BCUT2D eigenvalue weighted by molar-refractivity contribution is 6.44. The summed E-state index contributed by atoms with van der Waals surface area (Å²) in [4.78, 5) is 15.2. The van der Waals surface area contributed by atoms with E-state index >= 15 is 0 Å². The van der Waals surface area contributed by atoms with Crippen molar-refractivity contribution < 1.29 is 10.0 Å². The molecule has 0 saturated carbocycles. The van der Waals surface area contributed by atoms with E-state index in [4.69, 9.17) is 10.9 Å². The maximum atomic E-state index is 11.2. The van der Waals surface area contributed by atoms with Crippen LogP contribution in [-0.2, 0) is 4.79 Å². The molecule has 0 aromatic carbocycles. The molecule has 1 aliphatic heterocycles. The van der Waals surface area contributed by atoms with Crippen molar-refractivity contribution in [2.75, 3.05) is 5.32 Å². The lowest BCUT2D eigenvalue weighted by Gasteiger charge is -2.19. The van der Waals surface area contributed by atoms with E-state index in [1.165, 1.54) is 4.68 Å². The molecule has 0 spiro atoms. The molecule has 0 aliphatic carbocycles. The molecule has 0 saturated heterocycles. The normalized spacial score (nSPS) is 23.4. The lowest BCUT2D eigenvalue weighted by molar-refractivity contribution is -0.111. The van der Waals surface area contributed by atoms with Gasteiger partial charge in [0.25, 0.3) is 5.91 Å². The van der Waals surface area contributed by atoms with Crippen LogP contribution in [0, 0.1) is 6.92 Å². The topological polar surface area (TPSA) is 118 Å². The Labute approximate surface area is 78.4 Å². The molecule has 1 aromatic rings. The quantitative estimate of drug-likeness (QED) is 0.356. The number of hydrogen-bond acceptors (Lipinski definition) is 6. The molecule has 1 atom stereocenters. The Kier molecular flexibility index (Phi) is 1.71. The molecule has 8 nitrogen and oxygen atoms in total. The maximum absolute atomic E-state index is 11.2. The van der Waals surface area contributed by atoms with Gasteiger partial charge in [-0.2, -0.15) is 10.1 Å². The number of carbonyl (C=O) groups is 1. The SMILES string of the molecule is Cc1nc2n(n1)[C@@H](N)/C(=N\O)C(=O)N2. The van der Waals surface area contributed by atoms with Gasteiger partial charge in [-0.05, 0) is 6.92 Å². The van der Waals surface area contributed by atoms with Crippen LogP contribution in [0.3, 0.4) is 0 Å². The van der Waals surface area contributed by atoms with Crippen LogP contribution >= 0.6 is 0 Å². The number of rotatable bonds is 0. The predicted molar refractivity (Wildman–Crippen MR) is 45.8 cm³/mol. The smallest absolute Gasteiger partial charge is 0.279 e. The standard InChI is InChI=1S/C6H8N6O2/c1-2-8-6-9-5(13)3(11-14)4(7)12(6)10-2/h4,14H,7H2,1H3,(H,8,9,10,13)/b11-3+/t4-/m1/s1. The highest BCUT2D eigenvalue weighted by atomic mass is 16.4. The molecule has 2 heterocycles. The monoisotopic (exact) mass is 196 g/mol. The van der Waals surface area contributed by atoms with Gasteiger partial charge in [0, 0.05) is 0 Å². The number of oxime groups is 1. The van der Waals surface area contributed by atoms with E-state index in [1.54, 1.807) is 6.92 Å². The Morgan fingerprint density at radius 3 is 3.07 bits per heavy atom. The maximum Gasteiger partial charge on any atom is 0.279 e. The van der Waals surface area contributed by atoms with Crippen molar-refractivity contribution in [3.8, 4) is 0 Å². The summed E-state index contributed by atoms with van der Waals surface area (Å²) in [5, 5.41) is 17.7. The Morgan fingerprint density at radius 2 is 2.43 bits per heavy atom. The number of aryl methyl sites for hydroxylation is 1. The Hall–Kier alpha value is -1.96. The van der Waals surface area contributed by atoms with Crippen LogP contribution in [0.4, 0.5) is 5.95 Å². The Bertz CT molecular complexity index is 422. The predicted octanol–water partition coefficient (Wildman–Crippen LogP) is -1.17. The highest BCUT2D eigenvalue weighted by Gasteiger charge is 2.31. The highest BCUT2D eigenvalue weighted by Crippen LogP contribution is 2.16. The molecule has 1 aromatic heterocycles. The van der Waals surface area contributed by atoms with Crippen molar-refractivity contribution in [1.82, 2.24) is 14.8 Å². The molecule has 8 heteroatoms. The number of carbonyl (C=O) groups excluding carboxylic acids is 1. The number of nitrogens with zero attached hydrogens (tertiary/aromatic N) is 4. The first-order valence-electron chi connectivity index (χ1n) is 3.85. The largest absolute Gasteiger partial charge is 0.410 e. The first-order chi connectivity index (χ1) is 6.63. The van der Waals surface area contributed by atoms with Gasteiger partial charge in [0.2, 0.25) is 5.95 Å². The number of amides is 1. The number of anilines is 1. The average Bonchev–Trinajstić information content (AvgIpc) is 2.47. The summed E-state index contributed by atoms with van der Waals surface area (Å²) < 4.78 is 1.28. The zero-order chi connectivity index (χ0) is 10.3. The fourth-order valence-corrected chi connectivity index (χ4v) is 1.23. The van der Waals surface area contributed by atoms with Crippen LogP contribution < -0.4 is 11.1 Å². The minimum absolute atomic E-state index is 0.192. The van der Waals surface area contributed by atoms with Crippen molar-refractivity contribution in [1.29, 1.82) is 0 Å². The van der Waals surface area contributed by atoms with Crippen LogP contribution in [0.25, 0.3) is 0 Å². The summed E-state index contributed by atoms with van der Waals surface area (Å²) in [6.07, 6.45) is -0.898. The van der Waals surface area contributed by atoms with Crippen molar-refractivity contribution >= 4 is 17.6 Å². The molecular weight excluding hydrogens is 188 g/mol. The minimum atomic E-state index is -0.898. The van der Waals surface area contributed by atoms with Gasteiger partial charge in [-0.15, -0.1) is 0 Å². The van der Waals surface area contributed by atoms with Gasteiger partial charge in [0.15, 0.2) is 11.9 Å². The minimum Gasteiger partial charge on any atom is -0.410 e. The Balaban J connectivity index is 2.53. The fourth-order valence-electron chi connectivity index (χ4n) is 1.23. The van der Waals surface area contributed by atoms with Gasteiger partial charge >= 0.3 is 0 Å². The van der Waals surface area contributed by atoms with E-state index in [9.17, 15) is 4.79 Å². The molecule has 0 fully saturated rings. The molecular formula is C6H8N6O2. The van der Waals surface area contributed by atoms with Gasteiger partial charge in [-0.25, -0.2) is 4.68 Å². The average molecular weight is 196 g/mol. The number of nitrogens with one attached hydrogen (secondary N) is 1. The number of fused-ring (bicyclic) bond motifs is 1. The lowest BCUT2D eigenvalue weighted by atomic mass is 10.2. The molecule has 74 valence electrons. The lowest BCUT2D eigenvalue weighted by Crippen LogP contribution is -2.42. The van der Waals surface area contributed by atoms with E-state index in [0.717, 1.165) is 0 Å². The second kappa shape index (κ2) is 2.77. The van der Waals surface area contributed by atoms with E-state index in [1.807, 2.05) is 0 Å². The van der Waals surface area contributed by atoms with Crippen molar-refractivity contribution in [2.24, 2.45) is 10.9 Å². The molecule has 0 bridgehead atoms. The van der Waals surface area contributed by atoms with Gasteiger partial charge < -0.3 is 10.9 Å². The van der Waals surface area contributed by atoms with Gasteiger partial charge in [-0.1, -0.05) is 5.16 Å². The van der Waals surface area contributed by atoms with Crippen LogP contribution in [0.2, 0.25) is 0 Å². The molecule has 0 radical (unpaired) electrons. The van der Waals surface area contributed by atoms with Gasteiger partial charge in [0.1, 0.15) is 5.82 Å². The molecule has 2 rings (SSSR count). The number of aromatic nitrogens is 3. The van der Waals surface area contributed by atoms with Crippen LogP contribution in [0.15, 0.2) is 5.16 Å². The van der Waals surface area contributed by atoms with Crippen molar-refractivity contribution in [3.05, 3.63) is 5.82 Å². The van der Waals surface area contributed by atoms with E-state index in [-0.39, 0.29) is 11.7 Å². The summed E-state index contributed by atoms with van der Waals surface area (Å²) in [5.74, 6) is 0.169. The van der Waals surface area contributed by atoms with Crippen LogP contribution in [0.5, 0.6) is 0 Å². The molecule has 1 aliphatic rings. The fraction of sp³-hybridized carbons (Fsp3) is 0.333. The first-order valence-corrected chi connectivity index (χ1v) is 3.85. The summed E-state index contributed by atoms with van der Waals surface area (Å²) in [6.45, 7) is 1.67. The molecule has 4 N–H and O–H groups in total. The summed E-state index contributed by atoms with van der Waals surface area (Å²) in [5.41, 5.74) is 5.42. The third kappa shape index (κ3) is 1.04. The first kappa shape index (κ1) is 8.63. The van der Waals surface area contributed by atoms with Gasteiger partial charge in [-0.3, -0.25) is 10.1 Å². The third-order valence-electron chi connectivity index (χ3n) is 1.85. The zero-order valence-corrected chi connectivity index (χ0v) is 7.30.